The average Bonchev–Trinajstić information content (AvgIpc) is 2.68. The van der Waals surface area contributed by atoms with Crippen LogP contribution in [-0.4, -0.2) is 42.8 Å². The largest absolute Gasteiger partial charge is 0.444 e. The van der Waals surface area contributed by atoms with Gasteiger partial charge < -0.3 is 20.1 Å². The lowest BCUT2D eigenvalue weighted by Crippen LogP contribution is -2.27. The molecule has 0 aliphatic carbocycles. The second-order valence-corrected chi connectivity index (χ2v) is 7.68. The molecule has 0 bridgehead atoms. The summed E-state index contributed by atoms with van der Waals surface area (Å²) >= 11 is 0. The number of carbonyl (C=O) groups excluding carboxylic acids is 2. The molecule has 2 amide bonds. The second-order valence-electron chi connectivity index (χ2n) is 7.68. The van der Waals surface area contributed by atoms with Crippen LogP contribution in [0.25, 0.3) is 0 Å². The Morgan fingerprint density at radius 3 is 2.38 bits per heavy atom. The molecule has 0 spiro atoms. The molecule has 32 heavy (non-hydrogen) atoms. The maximum Gasteiger partial charge on any atom is 0.412 e. The standard InChI is InChI=1S/C21H25FN4O6/c1-21(2,3)32-20(28)25-15-8-6-14(22)12-17(15)24-19(27)13-5-7-16(23-9-10-31-4)18(11-13)26(29)30/h5-8,11-12,23H,9-10H2,1-4H3,(H,24,27)(H,25,28). The topological polar surface area (TPSA) is 132 Å². The van der Waals surface area contributed by atoms with Gasteiger partial charge in [0, 0.05) is 25.3 Å². The molecule has 172 valence electrons. The molecule has 11 heteroatoms. The number of hydrogen-bond donors (Lipinski definition) is 3. The lowest BCUT2D eigenvalue weighted by Gasteiger charge is -2.20. The summed E-state index contributed by atoms with van der Waals surface area (Å²) in [5.41, 5.74) is -0.804. The average molecular weight is 448 g/mol. The number of halogens is 1. The number of anilines is 3. The van der Waals surface area contributed by atoms with E-state index in [1.807, 2.05) is 0 Å². The Morgan fingerprint density at radius 1 is 1.06 bits per heavy atom. The van der Waals surface area contributed by atoms with Gasteiger partial charge in [-0.3, -0.25) is 20.2 Å². The number of hydrogen-bond acceptors (Lipinski definition) is 7. The van der Waals surface area contributed by atoms with Gasteiger partial charge in [0.25, 0.3) is 11.6 Å². The molecule has 0 radical (unpaired) electrons. The van der Waals surface area contributed by atoms with E-state index in [0.29, 0.717) is 13.2 Å². The maximum absolute atomic E-state index is 13.8. The highest BCUT2D eigenvalue weighted by molar-refractivity contribution is 6.07. The molecule has 0 saturated carbocycles. The first kappa shape index (κ1) is 24.5. The van der Waals surface area contributed by atoms with Crippen molar-refractivity contribution in [2.24, 2.45) is 0 Å². The first-order valence-corrected chi connectivity index (χ1v) is 9.62. The molecule has 10 nitrogen and oxygen atoms in total. The van der Waals surface area contributed by atoms with Crippen LogP contribution in [0.3, 0.4) is 0 Å². The normalized spacial score (nSPS) is 10.9. The summed E-state index contributed by atoms with van der Waals surface area (Å²) in [6, 6.07) is 7.27. The van der Waals surface area contributed by atoms with Crippen molar-refractivity contribution in [3.05, 3.63) is 57.9 Å². The quantitative estimate of drug-likeness (QED) is 0.310. The Labute approximate surface area is 184 Å². The van der Waals surface area contributed by atoms with Gasteiger partial charge in [0.2, 0.25) is 0 Å². The van der Waals surface area contributed by atoms with E-state index in [1.165, 1.54) is 25.3 Å². The van der Waals surface area contributed by atoms with Crippen LogP contribution in [0.15, 0.2) is 36.4 Å². The van der Waals surface area contributed by atoms with Crippen molar-refractivity contribution in [3.63, 3.8) is 0 Å². The van der Waals surface area contributed by atoms with E-state index in [9.17, 15) is 24.1 Å². The summed E-state index contributed by atoms with van der Waals surface area (Å²) in [5, 5.41) is 19.2. The van der Waals surface area contributed by atoms with Crippen LogP contribution in [0.2, 0.25) is 0 Å². The Bertz CT molecular complexity index is 1010. The molecule has 2 rings (SSSR count). The lowest BCUT2D eigenvalue weighted by molar-refractivity contribution is -0.384. The molecular formula is C21H25FN4O6. The molecule has 0 saturated heterocycles. The Balaban J connectivity index is 2.25. The molecule has 0 aromatic heterocycles. The maximum atomic E-state index is 13.8. The highest BCUT2D eigenvalue weighted by atomic mass is 19.1. The van der Waals surface area contributed by atoms with Crippen molar-refractivity contribution < 1.29 is 28.4 Å². The third-order valence-corrected chi connectivity index (χ3v) is 3.94. The number of carbonyl (C=O) groups is 2. The lowest BCUT2D eigenvalue weighted by atomic mass is 10.1. The Hall–Kier alpha value is -3.73. The van der Waals surface area contributed by atoms with Crippen molar-refractivity contribution in [2.75, 3.05) is 36.2 Å². The first-order chi connectivity index (χ1) is 15.0. The third-order valence-electron chi connectivity index (χ3n) is 3.94. The molecule has 3 N–H and O–H groups in total. The van der Waals surface area contributed by atoms with Gasteiger partial charge in [-0.25, -0.2) is 9.18 Å². The fourth-order valence-electron chi connectivity index (χ4n) is 2.60. The molecular weight excluding hydrogens is 423 g/mol. The summed E-state index contributed by atoms with van der Waals surface area (Å²) in [6.45, 7) is 5.72. The molecule has 2 aromatic carbocycles. The van der Waals surface area contributed by atoms with Gasteiger partial charge in [-0.2, -0.15) is 0 Å². The van der Waals surface area contributed by atoms with E-state index in [1.54, 1.807) is 20.8 Å². The van der Waals surface area contributed by atoms with Gasteiger partial charge in [-0.1, -0.05) is 0 Å². The van der Waals surface area contributed by atoms with Gasteiger partial charge in [0.05, 0.1) is 22.9 Å². The fourth-order valence-corrected chi connectivity index (χ4v) is 2.60. The van der Waals surface area contributed by atoms with E-state index in [2.05, 4.69) is 16.0 Å². The third kappa shape index (κ3) is 7.20. The number of methoxy groups -OCH3 is 1. The van der Waals surface area contributed by atoms with E-state index < -0.39 is 28.3 Å². The number of nitro groups is 1. The van der Waals surface area contributed by atoms with Gasteiger partial charge in [0.15, 0.2) is 0 Å². The zero-order valence-corrected chi connectivity index (χ0v) is 18.2. The molecule has 0 fully saturated rings. The van der Waals surface area contributed by atoms with Crippen LogP contribution in [0.4, 0.5) is 31.9 Å². The Morgan fingerprint density at radius 2 is 1.75 bits per heavy atom. The number of nitrogens with zero attached hydrogens (tertiary/aromatic N) is 1. The second kappa shape index (κ2) is 10.5. The number of nitro benzene ring substituents is 1. The number of nitrogens with one attached hydrogen (secondary N) is 3. The highest BCUT2D eigenvalue weighted by Crippen LogP contribution is 2.28. The van der Waals surface area contributed by atoms with Gasteiger partial charge in [-0.15, -0.1) is 0 Å². The molecule has 0 aliphatic heterocycles. The highest BCUT2D eigenvalue weighted by Gasteiger charge is 2.20. The Kier molecular flexibility index (Phi) is 8.08. The summed E-state index contributed by atoms with van der Waals surface area (Å²) in [7, 11) is 1.50. The van der Waals surface area contributed by atoms with Crippen LogP contribution in [0, 0.1) is 15.9 Å². The number of benzene rings is 2. The summed E-state index contributed by atoms with van der Waals surface area (Å²) < 4.78 is 23.8. The minimum atomic E-state index is -0.790. The van der Waals surface area contributed by atoms with Crippen LogP contribution < -0.4 is 16.0 Å². The van der Waals surface area contributed by atoms with Crippen molar-refractivity contribution in [3.8, 4) is 0 Å². The van der Waals surface area contributed by atoms with E-state index in [4.69, 9.17) is 9.47 Å². The summed E-state index contributed by atoms with van der Waals surface area (Å²) in [4.78, 5) is 35.5. The summed E-state index contributed by atoms with van der Waals surface area (Å²) in [6.07, 6.45) is -0.790. The van der Waals surface area contributed by atoms with E-state index in [0.717, 1.165) is 18.2 Å². The van der Waals surface area contributed by atoms with Crippen LogP contribution in [0.1, 0.15) is 31.1 Å². The predicted octanol–water partition coefficient (Wildman–Crippen LogP) is 4.39. The molecule has 0 heterocycles. The molecule has 0 aliphatic rings. The molecule has 0 atom stereocenters. The van der Waals surface area contributed by atoms with Gasteiger partial charge in [0.1, 0.15) is 17.1 Å². The van der Waals surface area contributed by atoms with Crippen molar-refractivity contribution >= 4 is 34.7 Å². The zero-order chi connectivity index (χ0) is 23.9. The summed E-state index contributed by atoms with van der Waals surface area (Å²) in [5.74, 6) is -1.38. The predicted molar refractivity (Wildman–Crippen MR) is 118 cm³/mol. The number of amides is 2. The minimum absolute atomic E-state index is 0.0264. The van der Waals surface area contributed by atoms with Gasteiger partial charge in [-0.05, 0) is 51.1 Å². The van der Waals surface area contributed by atoms with Crippen molar-refractivity contribution in [1.29, 1.82) is 0 Å². The van der Waals surface area contributed by atoms with Gasteiger partial charge >= 0.3 is 6.09 Å². The van der Waals surface area contributed by atoms with Crippen LogP contribution in [0.5, 0.6) is 0 Å². The molecule has 2 aromatic rings. The molecule has 0 unspecified atom stereocenters. The minimum Gasteiger partial charge on any atom is -0.444 e. The number of rotatable bonds is 8. The monoisotopic (exact) mass is 448 g/mol. The van der Waals surface area contributed by atoms with Crippen LogP contribution >= 0.6 is 0 Å². The van der Waals surface area contributed by atoms with E-state index in [-0.39, 0.29) is 28.3 Å². The first-order valence-electron chi connectivity index (χ1n) is 9.62. The van der Waals surface area contributed by atoms with E-state index >= 15 is 0 Å². The smallest absolute Gasteiger partial charge is 0.412 e. The van der Waals surface area contributed by atoms with Crippen LogP contribution in [-0.2, 0) is 9.47 Å². The number of ether oxygens (including phenoxy) is 2. The fraction of sp³-hybridized carbons (Fsp3) is 0.333. The van der Waals surface area contributed by atoms with Crippen molar-refractivity contribution in [2.45, 2.75) is 26.4 Å². The SMILES string of the molecule is COCCNc1ccc(C(=O)Nc2cc(F)ccc2NC(=O)OC(C)(C)C)cc1[N+](=O)[O-]. The van der Waals surface area contributed by atoms with Crippen molar-refractivity contribution in [1.82, 2.24) is 0 Å². The zero-order valence-electron chi connectivity index (χ0n) is 18.2.